The van der Waals surface area contributed by atoms with E-state index in [0.29, 0.717) is 11.4 Å². The van der Waals surface area contributed by atoms with Gasteiger partial charge in [-0.15, -0.1) is 0 Å². The van der Waals surface area contributed by atoms with Crippen molar-refractivity contribution in [3.05, 3.63) is 126 Å². The van der Waals surface area contributed by atoms with Crippen LogP contribution in [0.4, 0.5) is 11.4 Å². The van der Waals surface area contributed by atoms with E-state index in [4.69, 9.17) is 12.2 Å². The minimum Gasteiger partial charge on any atom is -0.268 e. The molecule has 2 amide bonds. The van der Waals surface area contributed by atoms with Gasteiger partial charge in [0.05, 0.1) is 11.4 Å². The number of para-hydroxylation sites is 1. The van der Waals surface area contributed by atoms with Gasteiger partial charge in [0, 0.05) is 0 Å². The maximum absolute atomic E-state index is 14.0. The van der Waals surface area contributed by atoms with Gasteiger partial charge >= 0.3 is 0 Å². The molecule has 0 radical (unpaired) electrons. The number of carbonyl (C=O) groups is 2. The normalized spacial score (nSPS) is 15.3. The van der Waals surface area contributed by atoms with Crippen LogP contribution in [0.1, 0.15) is 11.1 Å². The Kier molecular flexibility index (Phi) is 5.63. The lowest BCUT2D eigenvalue weighted by Crippen LogP contribution is -2.56. The van der Waals surface area contributed by atoms with Crippen LogP contribution in [-0.4, -0.2) is 16.9 Å². The van der Waals surface area contributed by atoms with Crippen LogP contribution < -0.4 is 9.80 Å². The van der Waals surface area contributed by atoms with Crippen LogP contribution in [0.25, 0.3) is 27.6 Å². The number of aryl methyl sites for hydroxylation is 1. The summed E-state index contributed by atoms with van der Waals surface area (Å²) in [6, 6.07) is 34.9. The molecule has 5 aromatic rings. The number of fused-ring (bicyclic) bond motifs is 2. The lowest BCUT2D eigenvalue weighted by Gasteiger charge is -2.36. The first-order valence-electron chi connectivity index (χ1n) is 12.0. The SMILES string of the molecule is Cc1ccc(N2C(=O)/C(=C/c3c4ccccc4cc4ccccc34)C(=O)N(c3ccccc3)C2=S)cc1. The molecule has 0 atom stereocenters. The number of amides is 2. The molecule has 0 bridgehead atoms. The molecule has 4 nitrogen and oxygen atoms in total. The Morgan fingerprint density at radius 1 is 0.622 bits per heavy atom. The molecule has 178 valence electrons. The molecule has 5 heteroatoms. The second-order valence-electron chi connectivity index (χ2n) is 9.03. The molecule has 37 heavy (non-hydrogen) atoms. The quantitative estimate of drug-likeness (QED) is 0.116. The smallest absolute Gasteiger partial charge is 0.268 e. The highest BCUT2D eigenvalue weighted by Gasteiger charge is 2.41. The van der Waals surface area contributed by atoms with Gasteiger partial charge in [-0.25, -0.2) is 0 Å². The van der Waals surface area contributed by atoms with E-state index in [1.54, 1.807) is 6.08 Å². The number of anilines is 2. The first kappa shape index (κ1) is 22.8. The van der Waals surface area contributed by atoms with Crippen molar-refractivity contribution in [3.8, 4) is 0 Å². The summed E-state index contributed by atoms with van der Waals surface area (Å²) in [5.74, 6) is -0.885. The minimum atomic E-state index is -0.443. The highest BCUT2D eigenvalue weighted by atomic mass is 32.1. The number of hydrogen-bond acceptors (Lipinski definition) is 3. The molecule has 1 fully saturated rings. The first-order valence-corrected chi connectivity index (χ1v) is 12.4. The third-order valence-electron chi connectivity index (χ3n) is 6.66. The molecule has 1 saturated heterocycles. The molecule has 0 aromatic heterocycles. The van der Waals surface area contributed by atoms with Gasteiger partial charge in [-0.2, -0.15) is 0 Å². The molecule has 0 saturated carbocycles. The molecular weight excluding hydrogens is 476 g/mol. The molecule has 0 spiro atoms. The van der Waals surface area contributed by atoms with Crippen molar-refractivity contribution in [2.75, 3.05) is 9.80 Å². The van der Waals surface area contributed by atoms with Crippen molar-refractivity contribution < 1.29 is 9.59 Å². The van der Waals surface area contributed by atoms with Crippen molar-refractivity contribution in [3.63, 3.8) is 0 Å². The number of nitrogens with zero attached hydrogens (tertiary/aromatic N) is 2. The zero-order chi connectivity index (χ0) is 25.5. The molecule has 6 rings (SSSR count). The van der Waals surface area contributed by atoms with Crippen LogP contribution >= 0.6 is 12.2 Å². The fraction of sp³-hybridized carbons (Fsp3) is 0.0312. The molecule has 0 N–H and O–H groups in total. The fourth-order valence-electron chi connectivity index (χ4n) is 4.80. The Labute approximate surface area is 220 Å². The summed E-state index contributed by atoms with van der Waals surface area (Å²) in [6.07, 6.45) is 1.73. The van der Waals surface area contributed by atoms with Gasteiger partial charge < -0.3 is 0 Å². The van der Waals surface area contributed by atoms with Gasteiger partial charge in [0.25, 0.3) is 11.8 Å². The number of thiocarbonyl (C=S) groups is 1. The third kappa shape index (κ3) is 3.90. The van der Waals surface area contributed by atoms with Crippen LogP contribution in [0.5, 0.6) is 0 Å². The topological polar surface area (TPSA) is 40.6 Å². The number of benzene rings is 5. The highest BCUT2D eigenvalue weighted by molar-refractivity contribution is 7.81. The lowest BCUT2D eigenvalue weighted by molar-refractivity contribution is -0.120. The average Bonchev–Trinajstić information content (AvgIpc) is 2.92. The summed E-state index contributed by atoms with van der Waals surface area (Å²) in [5.41, 5.74) is 3.17. The largest absolute Gasteiger partial charge is 0.270 e. The zero-order valence-electron chi connectivity index (χ0n) is 20.1. The second-order valence-corrected chi connectivity index (χ2v) is 9.39. The minimum absolute atomic E-state index is 0.0551. The van der Waals surface area contributed by atoms with Gasteiger partial charge in [0.15, 0.2) is 5.11 Å². The van der Waals surface area contributed by atoms with E-state index < -0.39 is 11.8 Å². The molecule has 1 aliphatic heterocycles. The summed E-state index contributed by atoms with van der Waals surface area (Å²) >= 11 is 5.75. The Morgan fingerprint density at radius 3 is 1.68 bits per heavy atom. The van der Waals surface area contributed by atoms with Crippen molar-refractivity contribution in [2.24, 2.45) is 0 Å². The van der Waals surface area contributed by atoms with Gasteiger partial charge in [0.2, 0.25) is 0 Å². The molecule has 5 aromatic carbocycles. The van der Waals surface area contributed by atoms with Crippen molar-refractivity contribution in [2.45, 2.75) is 6.92 Å². The maximum Gasteiger partial charge on any atom is 0.270 e. The summed E-state index contributed by atoms with van der Waals surface area (Å²) in [5, 5.41) is 4.14. The molecule has 0 aliphatic carbocycles. The predicted octanol–water partition coefficient (Wildman–Crippen LogP) is 7.05. The van der Waals surface area contributed by atoms with Crippen molar-refractivity contribution >= 4 is 68.1 Å². The Bertz CT molecular complexity index is 1690. The Hall–Kier alpha value is -4.61. The van der Waals surface area contributed by atoms with E-state index in [1.807, 2.05) is 110 Å². The summed E-state index contributed by atoms with van der Waals surface area (Å²) in [6.45, 7) is 1.98. The molecule has 1 heterocycles. The molecule has 1 aliphatic rings. The van der Waals surface area contributed by atoms with Crippen LogP contribution in [0.15, 0.2) is 115 Å². The third-order valence-corrected chi connectivity index (χ3v) is 7.02. The summed E-state index contributed by atoms with van der Waals surface area (Å²) in [4.78, 5) is 30.9. The standard InChI is InChI=1S/C32H22N2O2S/c1-21-15-17-25(18-16-21)34-31(36)29(30(35)33(32(34)37)24-11-3-2-4-12-24)20-28-26-13-7-5-9-22(26)19-23-10-6-8-14-27(23)28/h2-20H,1H3/b29-20+. The zero-order valence-corrected chi connectivity index (χ0v) is 20.9. The van der Waals surface area contributed by atoms with Crippen LogP contribution in [-0.2, 0) is 9.59 Å². The maximum atomic E-state index is 14.0. The Balaban J connectivity index is 1.61. The number of hydrogen-bond donors (Lipinski definition) is 0. The van der Waals surface area contributed by atoms with E-state index in [1.165, 1.54) is 9.80 Å². The van der Waals surface area contributed by atoms with E-state index in [0.717, 1.165) is 32.7 Å². The summed E-state index contributed by atoms with van der Waals surface area (Å²) in [7, 11) is 0. The van der Waals surface area contributed by atoms with Crippen LogP contribution in [0.2, 0.25) is 0 Å². The summed E-state index contributed by atoms with van der Waals surface area (Å²) < 4.78 is 0. The highest BCUT2D eigenvalue weighted by Crippen LogP contribution is 2.34. The average molecular weight is 499 g/mol. The van der Waals surface area contributed by atoms with Crippen LogP contribution in [0.3, 0.4) is 0 Å². The van der Waals surface area contributed by atoms with E-state index in [-0.39, 0.29) is 10.7 Å². The first-order chi connectivity index (χ1) is 18.0. The van der Waals surface area contributed by atoms with Crippen molar-refractivity contribution in [1.29, 1.82) is 0 Å². The van der Waals surface area contributed by atoms with Gasteiger partial charge in [-0.05, 0) is 82.7 Å². The van der Waals surface area contributed by atoms with Gasteiger partial charge in [0.1, 0.15) is 5.57 Å². The predicted molar refractivity (Wildman–Crippen MR) is 155 cm³/mol. The fourth-order valence-corrected chi connectivity index (χ4v) is 5.18. The van der Waals surface area contributed by atoms with E-state index in [2.05, 4.69) is 6.07 Å². The monoisotopic (exact) mass is 498 g/mol. The molecule has 0 unspecified atom stereocenters. The lowest BCUT2D eigenvalue weighted by atomic mass is 9.94. The Morgan fingerprint density at radius 2 is 1.11 bits per heavy atom. The van der Waals surface area contributed by atoms with Gasteiger partial charge in [-0.3, -0.25) is 19.4 Å². The molecular formula is C32H22N2O2S. The van der Waals surface area contributed by atoms with Crippen LogP contribution in [0, 0.1) is 6.92 Å². The number of carbonyl (C=O) groups excluding carboxylic acids is 2. The van der Waals surface area contributed by atoms with E-state index >= 15 is 0 Å². The second kappa shape index (κ2) is 9.12. The van der Waals surface area contributed by atoms with Crippen molar-refractivity contribution in [1.82, 2.24) is 0 Å². The van der Waals surface area contributed by atoms with Gasteiger partial charge in [-0.1, -0.05) is 84.4 Å². The van der Waals surface area contributed by atoms with E-state index in [9.17, 15) is 9.59 Å². The number of rotatable bonds is 3.